The highest BCUT2D eigenvalue weighted by Gasteiger charge is 2.32. The number of nitrogens with one attached hydrogen (secondary N) is 1. The fraction of sp³-hybridized carbons (Fsp3) is 0.467. The van der Waals surface area contributed by atoms with Gasteiger partial charge in [0.15, 0.2) is 0 Å². The zero-order valence-corrected chi connectivity index (χ0v) is 12.9. The molecule has 5 nitrogen and oxygen atoms in total. The molecular weight excluding hydrogens is 288 g/mol. The summed E-state index contributed by atoms with van der Waals surface area (Å²) in [5, 5.41) is 2.75. The van der Waals surface area contributed by atoms with Gasteiger partial charge in [-0.25, -0.2) is 0 Å². The summed E-state index contributed by atoms with van der Waals surface area (Å²) in [6.45, 7) is 3.57. The van der Waals surface area contributed by atoms with Gasteiger partial charge >= 0.3 is 0 Å². The molecule has 1 heterocycles. The van der Waals surface area contributed by atoms with Gasteiger partial charge in [-0.1, -0.05) is 12.1 Å². The summed E-state index contributed by atoms with van der Waals surface area (Å²) < 4.78 is 5.33. The van der Waals surface area contributed by atoms with Crippen LogP contribution in [0.2, 0.25) is 0 Å². The molecule has 1 N–H and O–H groups in total. The van der Waals surface area contributed by atoms with Crippen LogP contribution in [0.25, 0.3) is 0 Å². The molecule has 2 amide bonds. The standard InChI is InChI=1S/C15H20N2O3S/c1-2-16-15(19)13-10-20-8-7-17(13)14(18)9-11-3-5-12(21)6-4-11/h3-6,13,21H,2,7-10H2,1H3,(H,16,19). The quantitative estimate of drug-likeness (QED) is 0.812. The average molecular weight is 308 g/mol. The highest BCUT2D eigenvalue weighted by molar-refractivity contribution is 7.80. The molecule has 21 heavy (non-hydrogen) atoms. The molecule has 1 aromatic rings. The first-order chi connectivity index (χ1) is 10.1. The highest BCUT2D eigenvalue weighted by atomic mass is 32.1. The lowest BCUT2D eigenvalue weighted by Crippen LogP contribution is -2.56. The first kappa shape index (κ1) is 15.9. The largest absolute Gasteiger partial charge is 0.377 e. The van der Waals surface area contributed by atoms with Crippen molar-refractivity contribution >= 4 is 24.4 Å². The van der Waals surface area contributed by atoms with Gasteiger partial charge < -0.3 is 15.0 Å². The Bertz CT molecular complexity index is 504. The van der Waals surface area contributed by atoms with Crippen LogP contribution in [0.4, 0.5) is 0 Å². The Labute approximate surface area is 130 Å². The summed E-state index contributed by atoms with van der Waals surface area (Å²) in [4.78, 5) is 26.9. The third-order valence-corrected chi connectivity index (χ3v) is 3.69. The SMILES string of the molecule is CCNC(=O)C1COCCN1C(=O)Cc1ccc(S)cc1. The van der Waals surface area contributed by atoms with Crippen LogP contribution in [0.15, 0.2) is 29.2 Å². The summed E-state index contributed by atoms with van der Waals surface area (Å²) in [6, 6.07) is 6.93. The van der Waals surface area contributed by atoms with Gasteiger partial charge in [0.25, 0.3) is 0 Å². The maximum Gasteiger partial charge on any atom is 0.245 e. The number of carbonyl (C=O) groups excluding carboxylic acids is 2. The van der Waals surface area contributed by atoms with E-state index >= 15 is 0 Å². The van der Waals surface area contributed by atoms with E-state index in [0.29, 0.717) is 19.7 Å². The van der Waals surface area contributed by atoms with Gasteiger partial charge in [0.05, 0.1) is 19.6 Å². The van der Waals surface area contributed by atoms with Crippen LogP contribution in [-0.2, 0) is 20.7 Å². The molecule has 0 aliphatic carbocycles. The summed E-state index contributed by atoms with van der Waals surface area (Å²) in [7, 11) is 0. The summed E-state index contributed by atoms with van der Waals surface area (Å²) in [5.74, 6) is -0.210. The molecular formula is C15H20N2O3S. The monoisotopic (exact) mass is 308 g/mol. The summed E-state index contributed by atoms with van der Waals surface area (Å²) >= 11 is 4.22. The zero-order chi connectivity index (χ0) is 15.2. The van der Waals surface area contributed by atoms with Gasteiger partial charge in [-0.2, -0.15) is 0 Å². The van der Waals surface area contributed by atoms with Crippen LogP contribution in [-0.4, -0.2) is 49.1 Å². The number of carbonyl (C=O) groups is 2. The van der Waals surface area contributed by atoms with Crippen LogP contribution >= 0.6 is 12.6 Å². The Balaban J connectivity index is 2.04. The number of benzene rings is 1. The number of ether oxygens (including phenoxy) is 1. The fourth-order valence-electron chi connectivity index (χ4n) is 2.30. The molecule has 1 fully saturated rings. The van der Waals surface area contributed by atoms with Crippen molar-refractivity contribution in [2.75, 3.05) is 26.3 Å². The number of nitrogens with zero attached hydrogens (tertiary/aromatic N) is 1. The second-order valence-electron chi connectivity index (χ2n) is 4.92. The van der Waals surface area contributed by atoms with E-state index in [1.165, 1.54) is 0 Å². The second kappa shape index (κ2) is 7.47. The Morgan fingerprint density at radius 2 is 2.10 bits per heavy atom. The minimum Gasteiger partial charge on any atom is -0.377 e. The molecule has 6 heteroatoms. The molecule has 0 saturated carbocycles. The smallest absolute Gasteiger partial charge is 0.245 e. The Hall–Kier alpha value is -1.53. The molecule has 0 radical (unpaired) electrons. The molecule has 1 aliphatic rings. The fourth-order valence-corrected chi connectivity index (χ4v) is 2.45. The van der Waals surface area contributed by atoms with E-state index in [0.717, 1.165) is 10.5 Å². The lowest BCUT2D eigenvalue weighted by molar-refractivity contribution is -0.148. The highest BCUT2D eigenvalue weighted by Crippen LogP contribution is 2.13. The van der Waals surface area contributed by atoms with E-state index in [1.807, 2.05) is 31.2 Å². The molecule has 0 bridgehead atoms. The Morgan fingerprint density at radius 1 is 1.38 bits per heavy atom. The van der Waals surface area contributed by atoms with Crippen molar-refractivity contribution in [2.45, 2.75) is 24.3 Å². The summed E-state index contributed by atoms with van der Waals surface area (Å²) in [6.07, 6.45) is 0.282. The molecule has 0 spiro atoms. The molecule has 1 unspecified atom stereocenters. The first-order valence-electron chi connectivity index (χ1n) is 7.04. The third-order valence-electron chi connectivity index (χ3n) is 3.39. The van der Waals surface area contributed by atoms with Crippen LogP contribution in [0, 0.1) is 0 Å². The van der Waals surface area contributed by atoms with E-state index < -0.39 is 6.04 Å². The van der Waals surface area contributed by atoms with Crippen molar-refractivity contribution in [3.63, 3.8) is 0 Å². The van der Waals surface area contributed by atoms with Crippen LogP contribution in [0.5, 0.6) is 0 Å². The molecule has 2 rings (SSSR count). The lowest BCUT2D eigenvalue weighted by atomic mass is 10.1. The minimum atomic E-state index is -0.532. The van der Waals surface area contributed by atoms with Crippen LogP contribution in [0.3, 0.4) is 0 Å². The number of likely N-dealkylation sites (N-methyl/N-ethyl adjacent to an activating group) is 1. The molecule has 1 saturated heterocycles. The number of hydrogen-bond acceptors (Lipinski definition) is 4. The Kier molecular flexibility index (Phi) is 5.64. The van der Waals surface area contributed by atoms with Gasteiger partial charge in [0.2, 0.25) is 11.8 Å². The van der Waals surface area contributed by atoms with Crippen molar-refractivity contribution in [1.29, 1.82) is 0 Å². The maximum atomic E-state index is 12.4. The molecule has 1 aliphatic heterocycles. The molecule has 114 valence electrons. The number of rotatable bonds is 4. The minimum absolute atomic E-state index is 0.0542. The van der Waals surface area contributed by atoms with Gasteiger partial charge in [-0.05, 0) is 24.6 Å². The molecule has 1 aromatic carbocycles. The predicted octanol–water partition coefficient (Wildman–Crippen LogP) is 0.881. The van der Waals surface area contributed by atoms with E-state index in [9.17, 15) is 9.59 Å². The number of amides is 2. The van der Waals surface area contributed by atoms with E-state index in [4.69, 9.17) is 4.74 Å². The van der Waals surface area contributed by atoms with Crippen LogP contribution in [0.1, 0.15) is 12.5 Å². The maximum absolute atomic E-state index is 12.4. The number of morpholine rings is 1. The second-order valence-corrected chi connectivity index (χ2v) is 5.43. The number of thiol groups is 1. The van der Waals surface area contributed by atoms with Gasteiger partial charge in [-0.3, -0.25) is 9.59 Å². The van der Waals surface area contributed by atoms with E-state index in [2.05, 4.69) is 17.9 Å². The lowest BCUT2D eigenvalue weighted by Gasteiger charge is -2.34. The predicted molar refractivity (Wildman–Crippen MR) is 82.4 cm³/mol. The normalized spacial score (nSPS) is 18.4. The average Bonchev–Trinajstić information content (AvgIpc) is 2.50. The van der Waals surface area contributed by atoms with Gasteiger partial charge in [0.1, 0.15) is 6.04 Å². The van der Waals surface area contributed by atoms with Crippen molar-refractivity contribution in [1.82, 2.24) is 10.2 Å². The van der Waals surface area contributed by atoms with Gasteiger partial charge in [0, 0.05) is 18.0 Å². The van der Waals surface area contributed by atoms with Gasteiger partial charge in [-0.15, -0.1) is 12.6 Å². The van der Waals surface area contributed by atoms with Crippen molar-refractivity contribution in [2.24, 2.45) is 0 Å². The topological polar surface area (TPSA) is 58.6 Å². The third kappa shape index (κ3) is 4.22. The van der Waals surface area contributed by atoms with Crippen molar-refractivity contribution in [3.8, 4) is 0 Å². The summed E-state index contributed by atoms with van der Waals surface area (Å²) in [5.41, 5.74) is 0.916. The van der Waals surface area contributed by atoms with E-state index in [1.54, 1.807) is 4.90 Å². The Morgan fingerprint density at radius 3 is 2.76 bits per heavy atom. The number of hydrogen-bond donors (Lipinski definition) is 2. The zero-order valence-electron chi connectivity index (χ0n) is 12.0. The van der Waals surface area contributed by atoms with Crippen LogP contribution < -0.4 is 5.32 Å². The van der Waals surface area contributed by atoms with Crippen molar-refractivity contribution < 1.29 is 14.3 Å². The van der Waals surface area contributed by atoms with Crippen molar-refractivity contribution in [3.05, 3.63) is 29.8 Å². The molecule has 0 aromatic heterocycles. The molecule has 1 atom stereocenters. The van der Waals surface area contributed by atoms with E-state index in [-0.39, 0.29) is 24.8 Å². The first-order valence-corrected chi connectivity index (χ1v) is 7.49.